The summed E-state index contributed by atoms with van der Waals surface area (Å²) in [5, 5.41) is 0. The van der Waals surface area contributed by atoms with E-state index in [9.17, 15) is 0 Å². The van der Waals surface area contributed by atoms with Crippen molar-refractivity contribution in [3.8, 4) is 0 Å². The van der Waals surface area contributed by atoms with Gasteiger partial charge in [0.15, 0.2) is 0 Å². The fourth-order valence-electron chi connectivity index (χ4n) is 1.77. The van der Waals surface area contributed by atoms with Crippen LogP contribution in [0.25, 0.3) is 0 Å². The molecule has 0 bridgehead atoms. The Hall–Kier alpha value is -1.63. The average Bonchev–Trinajstić information content (AvgIpc) is 2.60. The second-order valence-electron chi connectivity index (χ2n) is 5.95. The summed E-state index contributed by atoms with van der Waals surface area (Å²) in [6.45, 7) is 20.9. The number of aromatic nitrogens is 1. The molecule has 0 unspecified atom stereocenters. The van der Waals surface area contributed by atoms with Crippen LogP contribution in [0.4, 0.5) is 0 Å². The fraction of sp³-hybridized carbons (Fsp3) is 0.522. The Labute approximate surface area is 151 Å². The standard InChI is InChI=1S/C10H14.C9H13N.2C2H6/c1-8(2)10-6-4-9(3)5-7-10;1-7(2)9-5-4-8(3)10-6-9;2*1-2/h4-8H,1-3H3;4-7H,1-3H3;2*1-2H3. The number of rotatable bonds is 2. The first-order chi connectivity index (χ1) is 11.4. The Morgan fingerprint density at radius 3 is 1.38 bits per heavy atom. The van der Waals surface area contributed by atoms with Crippen molar-refractivity contribution >= 4 is 0 Å². The molecule has 136 valence electrons. The van der Waals surface area contributed by atoms with Crippen molar-refractivity contribution in [1.82, 2.24) is 4.98 Å². The topological polar surface area (TPSA) is 12.9 Å². The van der Waals surface area contributed by atoms with Crippen LogP contribution in [0.2, 0.25) is 0 Å². The number of hydrogen-bond acceptors (Lipinski definition) is 1. The van der Waals surface area contributed by atoms with Gasteiger partial charge in [-0.05, 0) is 42.9 Å². The Kier molecular flexibility index (Phi) is 15.3. The molecule has 1 nitrogen and oxygen atoms in total. The molecule has 2 aromatic rings. The van der Waals surface area contributed by atoms with E-state index >= 15 is 0 Å². The molecule has 1 heterocycles. The Balaban J connectivity index is 0. The molecule has 1 heteroatoms. The van der Waals surface area contributed by atoms with Crippen molar-refractivity contribution in [2.24, 2.45) is 0 Å². The molecule has 0 aliphatic heterocycles. The molecule has 0 saturated carbocycles. The molecule has 1 aromatic heterocycles. The fourth-order valence-corrected chi connectivity index (χ4v) is 1.77. The van der Waals surface area contributed by atoms with E-state index in [2.05, 4.69) is 76.0 Å². The van der Waals surface area contributed by atoms with Crippen molar-refractivity contribution < 1.29 is 0 Å². The largest absolute Gasteiger partial charge is 0.261 e. The van der Waals surface area contributed by atoms with Gasteiger partial charge in [-0.15, -0.1) is 0 Å². The SMILES string of the molecule is CC.CC.Cc1ccc(C(C)C)cc1.Cc1ccc(C(C)C)cn1. The third-order valence-electron chi connectivity index (χ3n) is 3.34. The molecule has 0 amide bonds. The maximum atomic E-state index is 4.20. The predicted molar refractivity (Wildman–Crippen MR) is 111 cm³/mol. The molecule has 0 aliphatic rings. The van der Waals surface area contributed by atoms with E-state index < -0.39 is 0 Å². The lowest BCUT2D eigenvalue weighted by Crippen LogP contribution is -1.88. The summed E-state index contributed by atoms with van der Waals surface area (Å²) < 4.78 is 0. The van der Waals surface area contributed by atoms with Crippen LogP contribution in [-0.2, 0) is 0 Å². The van der Waals surface area contributed by atoms with Gasteiger partial charge < -0.3 is 0 Å². The third kappa shape index (κ3) is 11.0. The van der Waals surface area contributed by atoms with E-state index in [1.165, 1.54) is 16.7 Å². The summed E-state index contributed by atoms with van der Waals surface area (Å²) >= 11 is 0. The zero-order chi connectivity index (χ0) is 19.1. The average molecular weight is 330 g/mol. The minimum Gasteiger partial charge on any atom is -0.261 e. The molecule has 24 heavy (non-hydrogen) atoms. The van der Waals surface area contributed by atoms with Gasteiger partial charge in [0.05, 0.1) is 0 Å². The van der Waals surface area contributed by atoms with Crippen LogP contribution in [-0.4, -0.2) is 4.98 Å². The van der Waals surface area contributed by atoms with E-state index in [0.717, 1.165) is 5.69 Å². The van der Waals surface area contributed by atoms with Crippen LogP contribution in [0, 0.1) is 13.8 Å². The highest BCUT2D eigenvalue weighted by molar-refractivity contribution is 5.23. The van der Waals surface area contributed by atoms with Gasteiger partial charge >= 0.3 is 0 Å². The summed E-state index contributed by atoms with van der Waals surface area (Å²) in [5.74, 6) is 1.24. The summed E-state index contributed by atoms with van der Waals surface area (Å²) in [4.78, 5) is 4.20. The van der Waals surface area contributed by atoms with Gasteiger partial charge in [0.25, 0.3) is 0 Å². The molecule has 2 rings (SSSR count). The zero-order valence-corrected chi connectivity index (χ0v) is 17.6. The maximum Gasteiger partial charge on any atom is 0.0372 e. The number of aryl methyl sites for hydroxylation is 2. The summed E-state index contributed by atoms with van der Waals surface area (Å²) in [7, 11) is 0. The van der Waals surface area contributed by atoms with Crippen molar-refractivity contribution in [3.05, 3.63) is 65.0 Å². The molecule has 0 aliphatic carbocycles. The van der Waals surface area contributed by atoms with E-state index in [4.69, 9.17) is 0 Å². The predicted octanol–water partition coefficient (Wildman–Crippen LogP) is 7.68. The summed E-state index contributed by atoms with van der Waals surface area (Å²) in [6, 6.07) is 12.9. The molecule has 0 spiro atoms. The second kappa shape index (κ2) is 14.9. The lowest BCUT2D eigenvalue weighted by molar-refractivity contribution is 0.855. The van der Waals surface area contributed by atoms with Gasteiger partial charge in [0, 0.05) is 11.9 Å². The van der Waals surface area contributed by atoms with Gasteiger partial charge in [0.1, 0.15) is 0 Å². The molecule has 0 N–H and O–H groups in total. The molecule has 1 aromatic carbocycles. The number of benzene rings is 1. The van der Waals surface area contributed by atoms with Gasteiger partial charge in [-0.3, -0.25) is 4.98 Å². The van der Waals surface area contributed by atoms with E-state index in [1.807, 2.05) is 40.8 Å². The highest BCUT2D eigenvalue weighted by atomic mass is 14.7. The van der Waals surface area contributed by atoms with Gasteiger partial charge in [0.2, 0.25) is 0 Å². The van der Waals surface area contributed by atoms with Crippen LogP contribution in [0.3, 0.4) is 0 Å². The first-order valence-corrected chi connectivity index (χ1v) is 9.39. The normalized spacial score (nSPS) is 9.17. The first-order valence-electron chi connectivity index (χ1n) is 9.39. The van der Waals surface area contributed by atoms with Crippen molar-refractivity contribution in [1.29, 1.82) is 0 Å². The number of hydrogen-bond donors (Lipinski definition) is 0. The monoisotopic (exact) mass is 329 g/mol. The Morgan fingerprint density at radius 1 is 0.625 bits per heavy atom. The molecular weight excluding hydrogens is 290 g/mol. The van der Waals surface area contributed by atoms with E-state index in [0.29, 0.717) is 11.8 Å². The van der Waals surface area contributed by atoms with Crippen LogP contribution in [0.15, 0.2) is 42.6 Å². The Morgan fingerprint density at radius 2 is 1.04 bits per heavy atom. The van der Waals surface area contributed by atoms with Gasteiger partial charge in [-0.2, -0.15) is 0 Å². The molecule has 0 atom stereocenters. The molecule has 0 fully saturated rings. The summed E-state index contributed by atoms with van der Waals surface area (Å²) in [5.41, 5.74) is 5.16. The van der Waals surface area contributed by atoms with Gasteiger partial charge in [-0.25, -0.2) is 0 Å². The van der Waals surface area contributed by atoms with Crippen LogP contribution in [0.5, 0.6) is 0 Å². The smallest absolute Gasteiger partial charge is 0.0372 e. The number of nitrogens with zero attached hydrogens (tertiary/aromatic N) is 1. The maximum absolute atomic E-state index is 4.20. The minimum atomic E-state index is 0.591. The van der Waals surface area contributed by atoms with Crippen LogP contribution in [0.1, 0.15) is 89.6 Å². The van der Waals surface area contributed by atoms with E-state index in [1.54, 1.807) is 0 Å². The Bertz CT molecular complexity index is 443. The molecule has 0 radical (unpaired) electrons. The van der Waals surface area contributed by atoms with Crippen molar-refractivity contribution in [3.63, 3.8) is 0 Å². The molecular formula is C23H39N. The highest BCUT2D eigenvalue weighted by Crippen LogP contribution is 2.13. The summed E-state index contributed by atoms with van der Waals surface area (Å²) in [6.07, 6.45) is 1.94. The second-order valence-corrected chi connectivity index (χ2v) is 5.95. The first kappa shape index (κ1) is 24.6. The van der Waals surface area contributed by atoms with Crippen molar-refractivity contribution in [2.45, 2.75) is 81.1 Å². The van der Waals surface area contributed by atoms with Crippen LogP contribution < -0.4 is 0 Å². The highest BCUT2D eigenvalue weighted by Gasteiger charge is 1.96. The van der Waals surface area contributed by atoms with Crippen LogP contribution >= 0.6 is 0 Å². The van der Waals surface area contributed by atoms with Gasteiger partial charge in [-0.1, -0.05) is 91.3 Å². The molecule has 0 saturated heterocycles. The van der Waals surface area contributed by atoms with E-state index in [-0.39, 0.29) is 0 Å². The zero-order valence-electron chi connectivity index (χ0n) is 17.6. The lowest BCUT2D eigenvalue weighted by Gasteiger charge is -2.03. The quantitative estimate of drug-likeness (QED) is 0.550. The number of pyridine rings is 1. The minimum absolute atomic E-state index is 0.591. The van der Waals surface area contributed by atoms with Crippen molar-refractivity contribution in [2.75, 3.05) is 0 Å². The third-order valence-corrected chi connectivity index (χ3v) is 3.34. The lowest BCUT2D eigenvalue weighted by atomic mass is 10.0.